The third-order valence-electron chi connectivity index (χ3n) is 2.32. The molecule has 1 nitrogen and oxygen atoms in total. The van der Waals surface area contributed by atoms with Crippen LogP contribution >= 0.6 is 0 Å². The molecule has 1 heterocycles. The Morgan fingerprint density at radius 2 is 1.81 bits per heavy atom. The van der Waals surface area contributed by atoms with Gasteiger partial charge in [-0.15, -0.1) is 0 Å². The number of hydrogen-bond donors (Lipinski definition) is 0. The van der Waals surface area contributed by atoms with Gasteiger partial charge in [-0.05, 0) is 23.3 Å². The van der Waals surface area contributed by atoms with Crippen LogP contribution in [0.4, 0.5) is 0 Å². The number of hydrogen-bond acceptors (Lipinski definition) is 1. The second-order valence-electron chi connectivity index (χ2n) is 3.18. The van der Waals surface area contributed by atoms with E-state index in [1.54, 1.807) is 6.08 Å². The van der Waals surface area contributed by atoms with E-state index in [0.29, 0.717) is 0 Å². The van der Waals surface area contributed by atoms with Crippen molar-refractivity contribution in [3.63, 3.8) is 0 Å². The van der Waals surface area contributed by atoms with Gasteiger partial charge in [0, 0.05) is 6.42 Å². The van der Waals surface area contributed by atoms with Gasteiger partial charge in [0.15, 0.2) is 0 Å². The summed E-state index contributed by atoms with van der Waals surface area (Å²) in [6.07, 6.45) is 4.43. The third-order valence-corrected chi connectivity index (χ3v) is 2.32. The largest absolute Gasteiger partial charge is 0.457 e. The van der Waals surface area contributed by atoms with E-state index in [9.17, 15) is 0 Å². The molecule has 1 aromatic rings. The van der Waals surface area contributed by atoms with Gasteiger partial charge in [0.2, 0.25) is 0 Å². The normalized spacial score (nSPS) is 12.9. The Balaban J connectivity index is 0.000000606. The molecule has 84 valence electrons. The molecule has 0 spiro atoms. The number of benzene rings is 1. The lowest BCUT2D eigenvalue weighted by Gasteiger charge is -2.19. The summed E-state index contributed by atoms with van der Waals surface area (Å²) in [7, 11) is 0. The van der Waals surface area contributed by atoms with E-state index < -0.39 is 0 Å². The van der Waals surface area contributed by atoms with E-state index >= 15 is 0 Å². The number of ether oxygens (including phenoxy) is 1. The molecule has 1 heteroatoms. The number of allylic oxidation sites excluding steroid dienone is 3. The molecule has 0 radical (unpaired) electrons. The minimum Gasteiger partial charge on any atom is -0.457 e. The zero-order valence-electron chi connectivity index (χ0n) is 9.99. The summed E-state index contributed by atoms with van der Waals surface area (Å²) in [5.74, 6) is 1.74. The second kappa shape index (κ2) is 5.96. The van der Waals surface area contributed by atoms with Crippen LogP contribution in [-0.2, 0) is 6.42 Å². The molecule has 16 heavy (non-hydrogen) atoms. The van der Waals surface area contributed by atoms with E-state index in [0.717, 1.165) is 23.5 Å². The summed E-state index contributed by atoms with van der Waals surface area (Å²) in [6, 6.07) is 8.03. The van der Waals surface area contributed by atoms with Gasteiger partial charge in [0.1, 0.15) is 11.5 Å². The molecule has 0 aromatic heterocycles. The molecule has 0 saturated carbocycles. The number of rotatable bonds is 2. The molecule has 1 aliphatic rings. The summed E-state index contributed by atoms with van der Waals surface area (Å²) >= 11 is 0. The molecule has 0 bridgehead atoms. The van der Waals surface area contributed by atoms with Crippen molar-refractivity contribution in [3.8, 4) is 5.75 Å². The zero-order valence-corrected chi connectivity index (χ0v) is 9.99. The van der Waals surface area contributed by atoms with Gasteiger partial charge in [-0.1, -0.05) is 51.3 Å². The molecule has 1 aliphatic heterocycles. The van der Waals surface area contributed by atoms with E-state index in [4.69, 9.17) is 4.74 Å². The zero-order chi connectivity index (χ0) is 12.0. The smallest absolute Gasteiger partial charge is 0.130 e. The first-order chi connectivity index (χ1) is 7.85. The molecule has 0 amide bonds. The van der Waals surface area contributed by atoms with E-state index in [1.165, 1.54) is 5.56 Å². The van der Waals surface area contributed by atoms with E-state index in [2.05, 4.69) is 19.2 Å². The van der Waals surface area contributed by atoms with E-state index in [1.807, 2.05) is 38.1 Å². The molecule has 1 aromatic carbocycles. The first-order valence-electron chi connectivity index (χ1n) is 5.59. The van der Waals surface area contributed by atoms with Crippen LogP contribution in [0.3, 0.4) is 0 Å². The van der Waals surface area contributed by atoms with Crippen LogP contribution in [-0.4, -0.2) is 0 Å². The summed E-state index contributed by atoms with van der Waals surface area (Å²) in [6.45, 7) is 11.5. The van der Waals surface area contributed by atoms with Crippen LogP contribution in [0.2, 0.25) is 0 Å². The Morgan fingerprint density at radius 3 is 2.44 bits per heavy atom. The van der Waals surface area contributed by atoms with Gasteiger partial charge < -0.3 is 4.74 Å². The van der Waals surface area contributed by atoms with Crippen LogP contribution in [0, 0.1) is 0 Å². The van der Waals surface area contributed by atoms with Gasteiger partial charge in [-0.25, -0.2) is 0 Å². The Hall–Kier alpha value is -1.76. The SMILES string of the molecule is C=CC1=C(C=C)Oc2ccccc2C1.CC. The summed E-state index contributed by atoms with van der Waals surface area (Å²) < 4.78 is 5.67. The predicted octanol–water partition coefficient (Wildman–Crippen LogP) is 4.27. The Morgan fingerprint density at radius 1 is 1.12 bits per heavy atom. The highest BCUT2D eigenvalue weighted by Crippen LogP contribution is 2.30. The first kappa shape index (κ1) is 12.3. The molecule has 0 aliphatic carbocycles. The van der Waals surface area contributed by atoms with Crippen molar-refractivity contribution < 1.29 is 4.74 Å². The topological polar surface area (TPSA) is 9.23 Å². The minimum absolute atomic E-state index is 0.818. The van der Waals surface area contributed by atoms with Crippen LogP contribution in [0.1, 0.15) is 19.4 Å². The van der Waals surface area contributed by atoms with Crippen LogP contribution < -0.4 is 4.74 Å². The quantitative estimate of drug-likeness (QED) is 0.714. The molecule has 2 rings (SSSR count). The summed E-state index contributed by atoms with van der Waals surface area (Å²) in [5, 5.41) is 0. The highest BCUT2D eigenvalue weighted by atomic mass is 16.5. The summed E-state index contributed by atoms with van der Waals surface area (Å²) in [4.78, 5) is 0. The highest BCUT2D eigenvalue weighted by Gasteiger charge is 2.14. The fourth-order valence-electron chi connectivity index (χ4n) is 1.57. The van der Waals surface area contributed by atoms with Gasteiger partial charge in [-0.3, -0.25) is 0 Å². The van der Waals surface area contributed by atoms with Gasteiger partial charge >= 0.3 is 0 Å². The van der Waals surface area contributed by atoms with Gasteiger partial charge in [0.25, 0.3) is 0 Å². The molecular weight excluding hydrogens is 196 g/mol. The monoisotopic (exact) mass is 214 g/mol. The van der Waals surface area contributed by atoms with Crippen molar-refractivity contribution in [3.05, 3.63) is 66.5 Å². The van der Waals surface area contributed by atoms with Gasteiger partial charge in [0.05, 0.1) is 0 Å². The van der Waals surface area contributed by atoms with Crippen LogP contribution in [0.15, 0.2) is 60.9 Å². The Bertz CT molecular complexity index is 374. The number of fused-ring (bicyclic) bond motifs is 1. The maximum absolute atomic E-state index is 5.67. The second-order valence-corrected chi connectivity index (χ2v) is 3.18. The van der Waals surface area contributed by atoms with E-state index in [-0.39, 0.29) is 0 Å². The minimum atomic E-state index is 0.818. The molecule has 0 fully saturated rings. The fraction of sp³-hybridized carbons (Fsp3) is 0.200. The number of para-hydroxylation sites is 1. The van der Waals surface area contributed by atoms with Crippen molar-refractivity contribution in [2.24, 2.45) is 0 Å². The van der Waals surface area contributed by atoms with Gasteiger partial charge in [-0.2, -0.15) is 0 Å². The van der Waals surface area contributed by atoms with Crippen LogP contribution in [0.5, 0.6) is 5.75 Å². The average molecular weight is 214 g/mol. The molecule has 0 atom stereocenters. The summed E-state index contributed by atoms with van der Waals surface area (Å²) in [5.41, 5.74) is 2.30. The standard InChI is InChI=1S/C13H12O.C2H6/c1-3-10-9-11-7-5-6-8-13(11)14-12(10)4-2;1-2/h3-8H,1-2,9H2;1-2H3. The third kappa shape index (κ3) is 2.43. The molecule has 0 saturated heterocycles. The lowest BCUT2D eigenvalue weighted by molar-refractivity contribution is 0.423. The molecule has 0 unspecified atom stereocenters. The van der Waals surface area contributed by atoms with Crippen molar-refractivity contribution >= 4 is 0 Å². The Kier molecular flexibility index (Phi) is 4.59. The fourth-order valence-corrected chi connectivity index (χ4v) is 1.57. The van der Waals surface area contributed by atoms with Crippen molar-refractivity contribution in [1.82, 2.24) is 0 Å². The lowest BCUT2D eigenvalue weighted by atomic mass is 10.0. The Labute approximate surface area is 97.8 Å². The molecular formula is C15H18O. The molecule has 0 N–H and O–H groups in total. The van der Waals surface area contributed by atoms with Crippen molar-refractivity contribution in [1.29, 1.82) is 0 Å². The van der Waals surface area contributed by atoms with Crippen molar-refractivity contribution in [2.75, 3.05) is 0 Å². The van der Waals surface area contributed by atoms with Crippen molar-refractivity contribution in [2.45, 2.75) is 20.3 Å². The maximum atomic E-state index is 5.67. The predicted molar refractivity (Wildman–Crippen MR) is 69.5 cm³/mol. The first-order valence-corrected chi connectivity index (χ1v) is 5.59. The van der Waals surface area contributed by atoms with Crippen LogP contribution in [0.25, 0.3) is 0 Å². The highest BCUT2D eigenvalue weighted by molar-refractivity contribution is 5.46. The maximum Gasteiger partial charge on any atom is 0.130 e. The lowest BCUT2D eigenvalue weighted by Crippen LogP contribution is -2.07. The average Bonchev–Trinajstić information content (AvgIpc) is 2.39.